The van der Waals surface area contributed by atoms with Gasteiger partial charge in [-0.25, -0.2) is 4.79 Å². The van der Waals surface area contributed by atoms with E-state index in [1.807, 2.05) is 0 Å². The first-order chi connectivity index (χ1) is 9.86. The number of nitrogens with one attached hydrogen (secondary N) is 2. The van der Waals surface area contributed by atoms with E-state index in [4.69, 9.17) is 23.2 Å². The highest BCUT2D eigenvalue weighted by molar-refractivity contribution is 6.42. The summed E-state index contributed by atoms with van der Waals surface area (Å²) in [6.45, 7) is 3.56. The molecule has 0 fully saturated rings. The minimum Gasteiger partial charge on any atom is -0.508 e. The summed E-state index contributed by atoms with van der Waals surface area (Å²) < 4.78 is 0. The van der Waals surface area contributed by atoms with Gasteiger partial charge in [0.25, 0.3) is 0 Å². The Morgan fingerprint density at radius 2 is 1.71 bits per heavy atom. The number of phenols is 1. The highest BCUT2D eigenvalue weighted by atomic mass is 35.5. The molecule has 4 nitrogen and oxygen atoms in total. The van der Waals surface area contributed by atoms with E-state index in [1.165, 1.54) is 0 Å². The minimum absolute atomic E-state index is 0.197. The summed E-state index contributed by atoms with van der Waals surface area (Å²) in [5.74, 6) is 0.197. The van der Waals surface area contributed by atoms with Crippen molar-refractivity contribution in [3.05, 3.63) is 51.5 Å². The molecule has 6 heteroatoms. The number of amides is 2. The summed E-state index contributed by atoms with van der Waals surface area (Å²) in [4.78, 5) is 12.0. The number of anilines is 2. The number of urea groups is 1. The summed E-state index contributed by atoms with van der Waals surface area (Å²) in [5.41, 5.74) is 2.62. The monoisotopic (exact) mass is 324 g/mol. The number of aromatic hydroxyl groups is 1. The third kappa shape index (κ3) is 3.80. The minimum atomic E-state index is -0.401. The fraction of sp³-hybridized carbons (Fsp3) is 0.133. The first kappa shape index (κ1) is 15.5. The van der Waals surface area contributed by atoms with Gasteiger partial charge in [-0.1, -0.05) is 23.2 Å². The van der Waals surface area contributed by atoms with Gasteiger partial charge in [0.1, 0.15) is 5.75 Å². The van der Waals surface area contributed by atoms with Crippen LogP contribution in [0.5, 0.6) is 5.75 Å². The second-order valence-electron chi connectivity index (χ2n) is 4.66. The van der Waals surface area contributed by atoms with Gasteiger partial charge in [0, 0.05) is 11.4 Å². The standard InChI is InChI=1S/C15H14Cl2N2O2/c1-8-6-14(20)9(2)5-13(8)19-15(21)18-10-3-4-11(16)12(17)7-10/h3-7,20H,1-2H3,(H2,18,19,21). The molecular weight excluding hydrogens is 311 g/mol. The predicted octanol–water partition coefficient (Wildman–Crippen LogP) is 4.96. The predicted molar refractivity (Wildman–Crippen MR) is 86.7 cm³/mol. The van der Waals surface area contributed by atoms with E-state index in [2.05, 4.69) is 10.6 Å². The fourth-order valence-corrected chi connectivity index (χ4v) is 2.09. The number of carbonyl (C=O) groups is 1. The van der Waals surface area contributed by atoms with E-state index in [0.29, 0.717) is 27.0 Å². The summed E-state index contributed by atoms with van der Waals surface area (Å²) >= 11 is 11.7. The van der Waals surface area contributed by atoms with E-state index >= 15 is 0 Å². The Hall–Kier alpha value is -1.91. The summed E-state index contributed by atoms with van der Waals surface area (Å²) in [6.07, 6.45) is 0. The molecule has 0 unspecified atom stereocenters. The van der Waals surface area contributed by atoms with E-state index in [0.717, 1.165) is 5.56 Å². The number of hydrogen-bond acceptors (Lipinski definition) is 2. The van der Waals surface area contributed by atoms with Gasteiger partial charge in [0.2, 0.25) is 0 Å². The number of carbonyl (C=O) groups excluding carboxylic acids is 1. The Bertz CT molecular complexity index is 702. The van der Waals surface area contributed by atoms with E-state index in [1.54, 1.807) is 44.2 Å². The van der Waals surface area contributed by atoms with E-state index in [9.17, 15) is 9.90 Å². The van der Waals surface area contributed by atoms with Crippen LogP contribution in [0.2, 0.25) is 10.0 Å². The van der Waals surface area contributed by atoms with Crippen molar-refractivity contribution < 1.29 is 9.90 Å². The van der Waals surface area contributed by atoms with Crippen molar-refractivity contribution in [3.8, 4) is 5.75 Å². The number of hydrogen-bond donors (Lipinski definition) is 3. The number of phenolic OH excluding ortho intramolecular Hbond substituents is 1. The molecular formula is C15H14Cl2N2O2. The summed E-state index contributed by atoms with van der Waals surface area (Å²) in [5, 5.41) is 15.8. The smallest absolute Gasteiger partial charge is 0.323 e. The number of halogens is 2. The zero-order valence-corrected chi connectivity index (χ0v) is 13.0. The van der Waals surface area contributed by atoms with Crippen molar-refractivity contribution in [1.82, 2.24) is 0 Å². The Morgan fingerprint density at radius 3 is 2.38 bits per heavy atom. The van der Waals surface area contributed by atoms with Gasteiger partial charge >= 0.3 is 6.03 Å². The third-order valence-electron chi connectivity index (χ3n) is 2.97. The van der Waals surface area contributed by atoms with Crippen molar-refractivity contribution >= 4 is 40.6 Å². The molecule has 2 amide bonds. The van der Waals surface area contributed by atoms with Crippen LogP contribution >= 0.6 is 23.2 Å². The van der Waals surface area contributed by atoms with Crippen LogP contribution in [0.1, 0.15) is 11.1 Å². The van der Waals surface area contributed by atoms with Crippen molar-refractivity contribution in [1.29, 1.82) is 0 Å². The van der Waals surface area contributed by atoms with Crippen LogP contribution < -0.4 is 10.6 Å². The first-order valence-electron chi connectivity index (χ1n) is 6.20. The number of rotatable bonds is 2. The number of benzene rings is 2. The molecule has 0 radical (unpaired) electrons. The average molecular weight is 325 g/mol. The van der Waals surface area contributed by atoms with E-state index in [-0.39, 0.29) is 5.75 Å². The van der Waals surface area contributed by atoms with Gasteiger partial charge < -0.3 is 15.7 Å². The molecule has 2 rings (SSSR count). The van der Waals surface area contributed by atoms with Crippen molar-refractivity contribution in [3.63, 3.8) is 0 Å². The Kier molecular flexibility index (Phi) is 4.60. The molecule has 3 N–H and O–H groups in total. The molecule has 0 atom stereocenters. The zero-order chi connectivity index (χ0) is 15.6. The lowest BCUT2D eigenvalue weighted by atomic mass is 10.1. The van der Waals surface area contributed by atoms with Crippen LogP contribution in [0, 0.1) is 13.8 Å². The van der Waals surface area contributed by atoms with E-state index < -0.39 is 6.03 Å². The lowest BCUT2D eigenvalue weighted by Gasteiger charge is -2.12. The van der Waals surface area contributed by atoms with Gasteiger partial charge in [0.05, 0.1) is 10.0 Å². The van der Waals surface area contributed by atoms with Crippen LogP contribution in [0.4, 0.5) is 16.2 Å². The maximum Gasteiger partial charge on any atom is 0.323 e. The van der Waals surface area contributed by atoms with Gasteiger partial charge in [-0.15, -0.1) is 0 Å². The largest absolute Gasteiger partial charge is 0.508 e. The molecule has 2 aromatic carbocycles. The van der Waals surface area contributed by atoms with Crippen LogP contribution in [0.25, 0.3) is 0 Å². The number of aryl methyl sites for hydroxylation is 2. The molecule has 0 saturated carbocycles. The van der Waals surface area contributed by atoms with Crippen LogP contribution in [-0.2, 0) is 0 Å². The second-order valence-corrected chi connectivity index (χ2v) is 5.48. The highest BCUT2D eigenvalue weighted by Gasteiger charge is 2.08. The quantitative estimate of drug-likeness (QED) is 0.683. The lowest BCUT2D eigenvalue weighted by Crippen LogP contribution is -2.20. The van der Waals surface area contributed by atoms with Crippen molar-refractivity contribution in [2.45, 2.75) is 13.8 Å². The van der Waals surface area contributed by atoms with Crippen molar-refractivity contribution in [2.24, 2.45) is 0 Å². The molecule has 0 saturated heterocycles. The van der Waals surface area contributed by atoms with Gasteiger partial charge in [-0.3, -0.25) is 0 Å². The third-order valence-corrected chi connectivity index (χ3v) is 3.71. The highest BCUT2D eigenvalue weighted by Crippen LogP contribution is 2.26. The first-order valence-corrected chi connectivity index (χ1v) is 6.95. The molecule has 0 spiro atoms. The molecule has 2 aromatic rings. The van der Waals surface area contributed by atoms with Gasteiger partial charge in [0.15, 0.2) is 0 Å². The van der Waals surface area contributed by atoms with Gasteiger partial charge in [-0.2, -0.15) is 0 Å². The molecule has 0 aliphatic rings. The van der Waals surface area contributed by atoms with Gasteiger partial charge in [-0.05, 0) is 55.3 Å². The average Bonchev–Trinajstić information content (AvgIpc) is 2.40. The molecule has 0 aromatic heterocycles. The van der Waals surface area contributed by atoms with Crippen LogP contribution in [0.15, 0.2) is 30.3 Å². The molecule has 0 bridgehead atoms. The normalized spacial score (nSPS) is 10.3. The Balaban J connectivity index is 2.11. The molecule has 21 heavy (non-hydrogen) atoms. The molecule has 0 aliphatic carbocycles. The molecule has 0 heterocycles. The molecule has 0 aliphatic heterocycles. The summed E-state index contributed by atoms with van der Waals surface area (Å²) in [7, 11) is 0. The van der Waals surface area contributed by atoms with Crippen LogP contribution in [0.3, 0.4) is 0 Å². The summed E-state index contributed by atoms with van der Waals surface area (Å²) in [6, 6.07) is 7.74. The SMILES string of the molecule is Cc1cc(NC(=O)Nc2ccc(Cl)c(Cl)c2)c(C)cc1O. The molecule has 110 valence electrons. The Labute approximate surface area is 132 Å². The zero-order valence-electron chi connectivity index (χ0n) is 11.5. The second kappa shape index (κ2) is 6.24. The maximum absolute atomic E-state index is 12.0. The maximum atomic E-state index is 12.0. The van der Waals surface area contributed by atoms with Crippen LogP contribution in [-0.4, -0.2) is 11.1 Å². The lowest BCUT2D eigenvalue weighted by molar-refractivity contribution is 0.262. The fourth-order valence-electron chi connectivity index (χ4n) is 1.79. The topological polar surface area (TPSA) is 61.4 Å². The van der Waals surface area contributed by atoms with Crippen molar-refractivity contribution in [2.75, 3.05) is 10.6 Å². The Morgan fingerprint density at radius 1 is 1.00 bits per heavy atom.